The van der Waals surface area contributed by atoms with Crippen LogP contribution in [0.1, 0.15) is 19.8 Å². The molecule has 5 rings (SSSR count). The van der Waals surface area contributed by atoms with Crippen molar-refractivity contribution in [1.29, 1.82) is 0 Å². The van der Waals surface area contributed by atoms with Crippen molar-refractivity contribution in [2.45, 2.75) is 19.8 Å². The quantitative estimate of drug-likeness (QED) is 0.456. The van der Waals surface area contributed by atoms with Gasteiger partial charge in [0.05, 0.1) is 11.0 Å². The van der Waals surface area contributed by atoms with Crippen LogP contribution in [0.4, 0.5) is 4.39 Å². The fraction of sp³-hybridized carbons (Fsp3) is 0.250. The second-order valence-corrected chi connectivity index (χ2v) is 8.87. The van der Waals surface area contributed by atoms with Gasteiger partial charge in [-0.3, -0.25) is 5.10 Å². The van der Waals surface area contributed by atoms with Crippen LogP contribution in [0, 0.1) is 11.0 Å². The molecule has 0 aromatic carbocycles. The molecule has 4 aromatic rings. The fourth-order valence-electron chi connectivity index (χ4n) is 4.26. The summed E-state index contributed by atoms with van der Waals surface area (Å²) in [6.07, 6.45) is 8.14. The standard InChI is InChI=1S/C24H24FN5S/c1-3-19-18(12-14(2)15-6-9-26-10-7-15)23(30-29-19)20-13-17-16(8-11-27-24(17)28-20)21-4-5-22(25)31-21/h3-5,8,11-13,15,26,29H,2,6-7,9-10H2,1H3,(H,27,28)/b18-12+,19-3+. The molecule has 0 saturated carbocycles. The first kappa shape index (κ1) is 19.9. The van der Waals surface area contributed by atoms with Gasteiger partial charge >= 0.3 is 0 Å². The van der Waals surface area contributed by atoms with Crippen LogP contribution in [0.15, 0.2) is 42.6 Å². The lowest BCUT2D eigenvalue weighted by atomic mass is 9.90. The van der Waals surface area contributed by atoms with Crippen molar-refractivity contribution in [3.8, 4) is 21.8 Å². The lowest BCUT2D eigenvalue weighted by Crippen LogP contribution is -2.29. The molecule has 7 heteroatoms. The monoisotopic (exact) mass is 433 g/mol. The topological polar surface area (TPSA) is 69.4 Å². The summed E-state index contributed by atoms with van der Waals surface area (Å²) in [6, 6.07) is 7.28. The summed E-state index contributed by atoms with van der Waals surface area (Å²) in [5.41, 5.74) is 4.57. The minimum absolute atomic E-state index is 0.195. The van der Waals surface area contributed by atoms with Crippen molar-refractivity contribution in [3.63, 3.8) is 0 Å². The van der Waals surface area contributed by atoms with Crippen molar-refractivity contribution >= 4 is 34.5 Å². The van der Waals surface area contributed by atoms with E-state index in [0.717, 1.165) is 86.3 Å². The zero-order valence-electron chi connectivity index (χ0n) is 17.3. The molecule has 4 aromatic heterocycles. The van der Waals surface area contributed by atoms with Gasteiger partial charge in [-0.15, -0.1) is 11.3 Å². The zero-order chi connectivity index (χ0) is 21.4. The molecular formula is C24H24FN5S. The maximum atomic E-state index is 13.6. The van der Waals surface area contributed by atoms with Crippen LogP contribution >= 0.6 is 11.3 Å². The molecule has 5 heterocycles. The molecule has 0 unspecified atom stereocenters. The first-order valence-corrected chi connectivity index (χ1v) is 11.3. The molecule has 0 radical (unpaired) electrons. The van der Waals surface area contributed by atoms with E-state index in [-0.39, 0.29) is 5.13 Å². The largest absolute Gasteiger partial charge is 0.338 e. The number of hydrogen-bond donors (Lipinski definition) is 3. The number of nitrogens with one attached hydrogen (secondary N) is 3. The molecule has 0 amide bonds. The van der Waals surface area contributed by atoms with E-state index in [1.54, 1.807) is 6.20 Å². The van der Waals surface area contributed by atoms with Crippen molar-refractivity contribution in [3.05, 3.63) is 58.3 Å². The van der Waals surface area contributed by atoms with Crippen molar-refractivity contribution in [1.82, 2.24) is 25.5 Å². The third kappa shape index (κ3) is 3.75. The Hall–Kier alpha value is -3.03. The van der Waals surface area contributed by atoms with E-state index in [0.29, 0.717) is 5.92 Å². The van der Waals surface area contributed by atoms with Crippen LogP contribution in [0.2, 0.25) is 0 Å². The van der Waals surface area contributed by atoms with E-state index in [2.05, 4.69) is 44.2 Å². The van der Waals surface area contributed by atoms with E-state index in [1.165, 1.54) is 6.07 Å². The Morgan fingerprint density at radius 1 is 1.26 bits per heavy atom. The fourth-order valence-corrected chi connectivity index (χ4v) is 5.03. The lowest BCUT2D eigenvalue weighted by molar-refractivity contribution is 0.428. The number of allylic oxidation sites excluding steroid dienone is 1. The van der Waals surface area contributed by atoms with Gasteiger partial charge in [-0.1, -0.05) is 18.2 Å². The van der Waals surface area contributed by atoms with E-state index >= 15 is 0 Å². The Morgan fingerprint density at radius 3 is 2.84 bits per heavy atom. The zero-order valence-corrected chi connectivity index (χ0v) is 18.2. The summed E-state index contributed by atoms with van der Waals surface area (Å²) in [7, 11) is 0. The number of hydrogen-bond acceptors (Lipinski definition) is 4. The molecule has 0 bridgehead atoms. The molecular weight excluding hydrogens is 409 g/mol. The van der Waals surface area contributed by atoms with Crippen molar-refractivity contribution in [2.75, 3.05) is 13.1 Å². The van der Waals surface area contributed by atoms with Gasteiger partial charge < -0.3 is 10.3 Å². The lowest BCUT2D eigenvalue weighted by Gasteiger charge is -2.22. The minimum atomic E-state index is -0.195. The van der Waals surface area contributed by atoms with Gasteiger partial charge in [-0.25, -0.2) is 4.98 Å². The van der Waals surface area contributed by atoms with Crippen molar-refractivity contribution in [2.24, 2.45) is 5.92 Å². The third-order valence-electron chi connectivity index (χ3n) is 5.94. The summed E-state index contributed by atoms with van der Waals surface area (Å²) in [5.74, 6) is 0.485. The van der Waals surface area contributed by atoms with Gasteiger partial charge in [-0.05, 0) is 69.1 Å². The average molecular weight is 434 g/mol. The van der Waals surface area contributed by atoms with Crippen LogP contribution in [0.3, 0.4) is 0 Å². The normalized spacial score (nSPS) is 16.5. The number of pyridine rings is 1. The molecule has 0 atom stereocenters. The third-order valence-corrected chi connectivity index (χ3v) is 6.85. The molecule has 0 spiro atoms. The molecule has 0 aliphatic carbocycles. The molecule has 1 saturated heterocycles. The Labute approximate surface area is 183 Å². The highest BCUT2D eigenvalue weighted by atomic mass is 32.1. The number of thiophene rings is 1. The SMILES string of the molecule is C=C(/C=c1/c(-c2cc3c(-c4ccc(F)s4)ccnc3[nH]2)n[nH]/c1=C/C)C1CCNCC1. The summed E-state index contributed by atoms with van der Waals surface area (Å²) in [5, 5.41) is 13.9. The molecule has 3 N–H and O–H groups in total. The summed E-state index contributed by atoms with van der Waals surface area (Å²) >= 11 is 1.14. The smallest absolute Gasteiger partial charge is 0.176 e. The Balaban J connectivity index is 1.62. The second-order valence-electron chi connectivity index (χ2n) is 7.84. The molecule has 31 heavy (non-hydrogen) atoms. The van der Waals surface area contributed by atoms with E-state index in [1.807, 2.05) is 25.1 Å². The number of H-pyrrole nitrogens is 2. The molecule has 158 valence electrons. The highest BCUT2D eigenvalue weighted by Gasteiger charge is 2.17. The number of nitrogens with zero attached hydrogens (tertiary/aromatic N) is 2. The predicted octanol–water partition coefficient (Wildman–Crippen LogP) is 3.96. The van der Waals surface area contributed by atoms with E-state index in [9.17, 15) is 4.39 Å². The van der Waals surface area contributed by atoms with Gasteiger partial charge in [0, 0.05) is 27.2 Å². The maximum absolute atomic E-state index is 13.6. The molecule has 1 aliphatic heterocycles. The van der Waals surface area contributed by atoms with Crippen LogP contribution in [0.25, 0.3) is 45.0 Å². The Morgan fingerprint density at radius 2 is 2.10 bits per heavy atom. The summed E-state index contributed by atoms with van der Waals surface area (Å²) < 4.78 is 13.6. The number of piperidine rings is 1. The first-order valence-electron chi connectivity index (χ1n) is 10.5. The summed E-state index contributed by atoms with van der Waals surface area (Å²) in [6.45, 7) is 8.43. The average Bonchev–Trinajstić information content (AvgIpc) is 3.51. The predicted molar refractivity (Wildman–Crippen MR) is 126 cm³/mol. The summed E-state index contributed by atoms with van der Waals surface area (Å²) in [4.78, 5) is 8.77. The molecule has 5 nitrogen and oxygen atoms in total. The van der Waals surface area contributed by atoms with Gasteiger partial charge in [-0.2, -0.15) is 9.49 Å². The number of rotatable bonds is 4. The highest BCUT2D eigenvalue weighted by Crippen LogP contribution is 2.34. The van der Waals surface area contributed by atoms with E-state index < -0.39 is 0 Å². The van der Waals surface area contributed by atoms with Crippen LogP contribution in [-0.2, 0) is 0 Å². The van der Waals surface area contributed by atoms with Crippen LogP contribution in [-0.4, -0.2) is 33.3 Å². The van der Waals surface area contributed by atoms with Crippen LogP contribution in [0.5, 0.6) is 0 Å². The maximum Gasteiger partial charge on any atom is 0.176 e. The number of halogens is 1. The first-order chi connectivity index (χ1) is 15.1. The number of aromatic nitrogens is 4. The van der Waals surface area contributed by atoms with Gasteiger partial charge in [0.15, 0.2) is 5.13 Å². The molecule has 1 fully saturated rings. The Kier molecular flexibility index (Phi) is 5.29. The second kappa shape index (κ2) is 8.24. The Bertz CT molecular complexity index is 1370. The van der Waals surface area contributed by atoms with Crippen molar-refractivity contribution < 1.29 is 4.39 Å². The minimum Gasteiger partial charge on any atom is -0.338 e. The van der Waals surface area contributed by atoms with Gasteiger partial charge in [0.2, 0.25) is 0 Å². The number of aromatic amines is 2. The van der Waals surface area contributed by atoms with Gasteiger partial charge in [0.1, 0.15) is 11.3 Å². The number of fused-ring (bicyclic) bond motifs is 1. The highest BCUT2D eigenvalue weighted by molar-refractivity contribution is 7.14. The van der Waals surface area contributed by atoms with E-state index in [4.69, 9.17) is 0 Å². The van der Waals surface area contributed by atoms with Crippen LogP contribution < -0.4 is 15.9 Å². The molecule has 1 aliphatic rings. The van der Waals surface area contributed by atoms with Gasteiger partial charge in [0.25, 0.3) is 0 Å².